The number of nitrogens with one attached hydrogen (secondary N) is 2. The monoisotopic (exact) mass is 285 g/mol. The Morgan fingerprint density at radius 1 is 1.33 bits per heavy atom. The zero-order chi connectivity index (χ0) is 14.5. The van der Waals surface area contributed by atoms with Crippen LogP contribution < -0.4 is 16.4 Å². The molecule has 21 heavy (non-hydrogen) atoms. The van der Waals surface area contributed by atoms with Gasteiger partial charge in [0.15, 0.2) is 5.96 Å². The lowest BCUT2D eigenvalue weighted by Crippen LogP contribution is -2.28. The summed E-state index contributed by atoms with van der Waals surface area (Å²) in [5.41, 5.74) is 7.80. The highest BCUT2D eigenvalue weighted by Crippen LogP contribution is 2.14. The van der Waals surface area contributed by atoms with Gasteiger partial charge in [-0.1, -0.05) is 12.1 Å². The van der Waals surface area contributed by atoms with Gasteiger partial charge in [0.05, 0.1) is 12.6 Å². The number of rotatable bonds is 4. The first-order chi connectivity index (χ1) is 10.3. The summed E-state index contributed by atoms with van der Waals surface area (Å²) in [7, 11) is 0. The summed E-state index contributed by atoms with van der Waals surface area (Å²) in [5, 5.41) is 6.31. The number of nitrogens with two attached hydrogens (primary N) is 1. The van der Waals surface area contributed by atoms with Gasteiger partial charge >= 0.3 is 0 Å². The number of aliphatic imine (C=N–C) groups is 2. The van der Waals surface area contributed by atoms with Gasteiger partial charge in [-0.05, 0) is 36.6 Å². The first kappa shape index (κ1) is 13.5. The minimum Gasteiger partial charge on any atom is -0.463 e. The Morgan fingerprint density at radius 2 is 2.19 bits per heavy atom. The van der Waals surface area contributed by atoms with Crippen LogP contribution in [0.3, 0.4) is 0 Å². The Bertz CT molecular complexity index is 576. The maximum Gasteiger partial charge on any atom is 0.282 e. The third-order valence-corrected chi connectivity index (χ3v) is 3.41. The van der Waals surface area contributed by atoms with Crippen LogP contribution in [-0.4, -0.2) is 31.2 Å². The summed E-state index contributed by atoms with van der Waals surface area (Å²) in [6.45, 7) is 1.31. The average molecular weight is 285 g/mol. The fourth-order valence-corrected chi connectivity index (χ4v) is 2.26. The van der Waals surface area contributed by atoms with Gasteiger partial charge in [0.1, 0.15) is 6.61 Å². The first-order valence-corrected chi connectivity index (χ1v) is 7.07. The number of hydrogen-bond acceptors (Lipinski definition) is 6. The molecule has 0 spiro atoms. The van der Waals surface area contributed by atoms with Crippen molar-refractivity contribution in [2.24, 2.45) is 15.7 Å². The van der Waals surface area contributed by atoms with Gasteiger partial charge in [-0.15, -0.1) is 0 Å². The Kier molecular flexibility index (Phi) is 4.04. The van der Waals surface area contributed by atoms with Gasteiger partial charge in [-0.3, -0.25) is 0 Å². The summed E-state index contributed by atoms with van der Waals surface area (Å²) in [4.78, 5) is 8.54. The molecule has 6 nitrogen and oxygen atoms in total. The number of nitrogens with zero attached hydrogens (tertiary/aromatic N) is 2. The molecule has 0 radical (unpaired) electrons. The van der Waals surface area contributed by atoms with Gasteiger partial charge in [-0.2, -0.15) is 0 Å². The van der Waals surface area contributed by atoms with Crippen molar-refractivity contribution in [2.45, 2.75) is 18.9 Å². The molecule has 6 heteroatoms. The standard InChI is InChI=1S/C15H19N5O/c16-14-19-13(10-21-14)7-4-11-2-5-12(6-3-11)20-15-17-8-1-9-18-15/h1-3,5-6,8,13H,4,7,9-10H2,(H2,16,19)(H2,17,18,20)/t13-/m0/s1. The summed E-state index contributed by atoms with van der Waals surface area (Å²) in [6, 6.07) is 8.85. The molecular weight excluding hydrogens is 266 g/mol. The molecule has 1 aromatic carbocycles. The molecule has 0 bridgehead atoms. The lowest BCUT2D eigenvalue weighted by Gasteiger charge is -2.12. The van der Waals surface area contributed by atoms with Crippen LogP contribution in [-0.2, 0) is 11.2 Å². The summed E-state index contributed by atoms with van der Waals surface area (Å²) < 4.78 is 5.15. The normalized spacial score (nSPS) is 20.3. The molecule has 1 aromatic rings. The first-order valence-electron chi connectivity index (χ1n) is 7.07. The van der Waals surface area contributed by atoms with E-state index >= 15 is 0 Å². The van der Waals surface area contributed by atoms with Crippen molar-refractivity contribution >= 4 is 17.7 Å². The number of hydrogen-bond donors (Lipinski definition) is 3. The third kappa shape index (κ3) is 3.75. The van der Waals surface area contributed by atoms with E-state index in [1.165, 1.54) is 5.56 Å². The van der Waals surface area contributed by atoms with Gasteiger partial charge in [0.25, 0.3) is 6.02 Å². The lowest BCUT2D eigenvalue weighted by molar-refractivity contribution is 0.308. The molecule has 2 aliphatic rings. The van der Waals surface area contributed by atoms with Crippen LogP contribution >= 0.6 is 0 Å². The number of ether oxygens (including phenoxy) is 1. The molecule has 3 rings (SSSR count). The molecular formula is C15H19N5O. The fraction of sp³-hybridized carbons (Fsp3) is 0.333. The number of anilines is 1. The molecule has 0 saturated carbocycles. The quantitative estimate of drug-likeness (QED) is 0.776. The van der Waals surface area contributed by atoms with Crippen LogP contribution in [0.4, 0.5) is 5.69 Å². The van der Waals surface area contributed by atoms with Gasteiger partial charge in [0, 0.05) is 11.9 Å². The van der Waals surface area contributed by atoms with Gasteiger partial charge in [0.2, 0.25) is 0 Å². The third-order valence-electron chi connectivity index (χ3n) is 3.41. The van der Waals surface area contributed by atoms with E-state index in [0.717, 1.165) is 24.5 Å². The van der Waals surface area contributed by atoms with Crippen molar-refractivity contribution in [1.29, 1.82) is 0 Å². The van der Waals surface area contributed by atoms with Crippen molar-refractivity contribution in [2.75, 3.05) is 18.5 Å². The van der Waals surface area contributed by atoms with Crippen molar-refractivity contribution in [3.05, 3.63) is 42.1 Å². The lowest BCUT2D eigenvalue weighted by atomic mass is 10.1. The minimum atomic E-state index is 0.190. The Morgan fingerprint density at radius 3 is 2.86 bits per heavy atom. The zero-order valence-electron chi connectivity index (χ0n) is 11.7. The van der Waals surface area contributed by atoms with Crippen LogP contribution in [0.15, 0.2) is 46.5 Å². The highest BCUT2D eigenvalue weighted by molar-refractivity contribution is 5.94. The van der Waals surface area contributed by atoms with E-state index in [1.807, 2.05) is 12.3 Å². The summed E-state index contributed by atoms with van der Waals surface area (Å²) in [5.74, 6) is 0.776. The van der Waals surface area contributed by atoms with E-state index in [0.29, 0.717) is 19.2 Å². The Hall–Kier alpha value is -2.50. The Balaban J connectivity index is 1.50. The average Bonchev–Trinajstić information content (AvgIpc) is 2.93. The van der Waals surface area contributed by atoms with E-state index in [9.17, 15) is 0 Å². The maximum absolute atomic E-state index is 5.50. The second-order valence-electron chi connectivity index (χ2n) is 5.03. The van der Waals surface area contributed by atoms with Crippen molar-refractivity contribution in [1.82, 2.24) is 5.32 Å². The molecule has 4 N–H and O–H groups in total. The molecule has 0 saturated heterocycles. The summed E-state index contributed by atoms with van der Waals surface area (Å²) in [6.07, 6.45) is 5.77. The van der Waals surface area contributed by atoms with E-state index in [2.05, 4.69) is 44.9 Å². The van der Waals surface area contributed by atoms with E-state index in [-0.39, 0.29) is 6.04 Å². The predicted molar refractivity (Wildman–Crippen MR) is 84.3 cm³/mol. The number of amidine groups is 1. The molecule has 2 heterocycles. The number of guanidine groups is 1. The molecule has 0 aliphatic carbocycles. The molecule has 0 aromatic heterocycles. The van der Waals surface area contributed by atoms with Crippen molar-refractivity contribution < 1.29 is 4.74 Å². The molecule has 2 aliphatic heterocycles. The molecule has 0 amide bonds. The van der Waals surface area contributed by atoms with E-state index in [4.69, 9.17) is 10.5 Å². The van der Waals surface area contributed by atoms with Crippen LogP contribution in [0.5, 0.6) is 0 Å². The van der Waals surface area contributed by atoms with Crippen LogP contribution in [0.2, 0.25) is 0 Å². The van der Waals surface area contributed by atoms with Crippen LogP contribution in [0, 0.1) is 0 Å². The second kappa shape index (κ2) is 6.30. The molecule has 0 fully saturated rings. The maximum atomic E-state index is 5.50. The highest BCUT2D eigenvalue weighted by atomic mass is 16.5. The number of benzene rings is 1. The minimum absolute atomic E-state index is 0.190. The van der Waals surface area contributed by atoms with Crippen molar-refractivity contribution in [3.8, 4) is 0 Å². The largest absolute Gasteiger partial charge is 0.463 e. The van der Waals surface area contributed by atoms with Crippen molar-refractivity contribution in [3.63, 3.8) is 0 Å². The molecule has 110 valence electrons. The van der Waals surface area contributed by atoms with Gasteiger partial charge < -0.3 is 21.1 Å². The zero-order valence-corrected chi connectivity index (χ0v) is 11.7. The Labute approximate surface area is 123 Å². The van der Waals surface area contributed by atoms with Crippen LogP contribution in [0.25, 0.3) is 0 Å². The van der Waals surface area contributed by atoms with E-state index in [1.54, 1.807) is 0 Å². The van der Waals surface area contributed by atoms with Gasteiger partial charge in [-0.25, -0.2) is 9.98 Å². The smallest absolute Gasteiger partial charge is 0.282 e. The molecule has 1 atom stereocenters. The van der Waals surface area contributed by atoms with E-state index < -0.39 is 0 Å². The second-order valence-corrected chi connectivity index (χ2v) is 5.03. The predicted octanol–water partition coefficient (Wildman–Crippen LogP) is 1.22. The SMILES string of the molecule is NC1=N[C@@H](CCc2ccc(NC3=NCC=CN3)cc2)CO1. The highest BCUT2D eigenvalue weighted by Gasteiger charge is 2.16. The molecule has 0 unspecified atom stereocenters. The topological polar surface area (TPSA) is 84.0 Å². The summed E-state index contributed by atoms with van der Waals surface area (Å²) >= 11 is 0. The van der Waals surface area contributed by atoms with Crippen LogP contribution in [0.1, 0.15) is 12.0 Å². The fourth-order valence-electron chi connectivity index (χ4n) is 2.26. The number of aryl methyl sites for hydroxylation is 1.